The van der Waals surface area contributed by atoms with Gasteiger partial charge in [-0.1, -0.05) is 30.3 Å². The minimum Gasteiger partial charge on any atom is -0.443 e. The van der Waals surface area contributed by atoms with Gasteiger partial charge < -0.3 is 10.5 Å². The van der Waals surface area contributed by atoms with E-state index in [4.69, 9.17) is 10.5 Å². The van der Waals surface area contributed by atoms with Crippen LogP contribution in [0.4, 0.5) is 4.39 Å². The lowest BCUT2D eigenvalue weighted by molar-refractivity contribution is -0.127. The van der Waals surface area contributed by atoms with Gasteiger partial charge >= 0.3 is 5.97 Å². The number of carbonyl (C=O) groups excluding carboxylic acids is 2. The summed E-state index contributed by atoms with van der Waals surface area (Å²) in [6.45, 7) is 0. The van der Waals surface area contributed by atoms with Crippen molar-refractivity contribution >= 4 is 11.9 Å². The summed E-state index contributed by atoms with van der Waals surface area (Å²) < 4.78 is 20.3. The van der Waals surface area contributed by atoms with E-state index in [-0.39, 0.29) is 11.5 Å². The normalized spacial score (nSPS) is 13.8. The average molecular weight is 379 g/mol. The zero-order chi connectivity index (χ0) is 19.7. The summed E-state index contributed by atoms with van der Waals surface area (Å²) in [5.41, 5.74) is 8.46. The summed E-state index contributed by atoms with van der Waals surface area (Å²) in [4.78, 5) is 24.7. The average Bonchev–Trinajstić information content (AvgIpc) is 3.30. The Bertz CT molecular complexity index is 1030. The third-order valence-corrected chi connectivity index (χ3v) is 4.78. The van der Waals surface area contributed by atoms with Gasteiger partial charge in [0.1, 0.15) is 5.82 Å². The van der Waals surface area contributed by atoms with Crippen LogP contribution < -0.4 is 5.73 Å². The molecule has 0 bridgehead atoms. The van der Waals surface area contributed by atoms with E-state index >= 15 is 0 Å². The Kier molecular flexibility index (Phi) is 4.65. The summed E-state index contributed by atoms with van der Waals surface area (Å²) >= 11 is 0. The SMILES string of the molecule is NC(=O)C(OC(=O)c1nn(-c2ccc(F)cc2)c2c1CCC2)c1ccccc1. The molecule has 0 saturated carbocycles. The van der Waals surface area contributed by atoms with Crippen molar-refractivity contribution in [1.82, 2.24) is 9.78 Å². The largest absolute Gasteiger partial charge is 0.443 e. The van der Waals surface area contributed by atoms with Crippen LogP contribution in [0.3, 0.4) is 0 Å². The van der Waals surface area contributed by atoms with Crippen LogP contribution in [-0.4, -0.2) is 21.7 Å². The first-order valence-electron chi connectivity index (χ1n) is 8.96. The number of fused-ring (bicyclic) bond motifs is 1. The number of nitrogens with two attached hydrogens (primary N) is 1. The number of rotatable bonds is 5. The smallest absolute Gasteiger partial charge is 0.360 e. The summed E-state index contributed by atoms with van der Waals surface area (Å²) in [5.74, 6) is -1.81. The van der Waals surface area contributed by atoms with Crippen molar-refractivity contribution in [2.75, 3.05) is 0 Å². The number of benzene rings is 2. The number of esters is 1. The van der Waals surface area contributed by atoms with Gasteiger partial charge in [0.05, 0.1) is 5.69 Å². The van der Waals surface area contributed by atoms with E-state index < -0.39 is 18.0 Å². The van der Waals surface area contributed by atoms with Gasteiger partial charge in [-0.15, -0.1) is 0 Å². The Balaban J connectivity index is 1.67. The summed E-state index contributed by atoms with van der Waals surface area (Å²) in [6, 6.07) is 14.5. The van der Waals surface area contributed by atoms with Crippen LogP contribution in [0.1, 0.15) is 39.8 Å². The molecule has 6 nitrogen and oxygen atoms in total. The predicted molar refractivity (Wildman–Crippen MR) is 99.3 cm³/mol. The Morgan fingerprint density at radius 2 is 1.79 bits per heavy atom. The number of nitrogens with zero attached hydrogens (tertiary/aromatic N) is 2. The summed E-state index contributed by atoms with van der Waals surface area (Å²) in [7, 11) is 0. The van der Waals surface area contributed by atoms with Gasteiger partial charge in [0.15, 0.2) is 5.69 Å². The minimum absolute atomic E-state index is 0.166. The molecule has 2 aromatic carbocycles. The zero-order valence-electron chi connectivity index (χ0n) is 15.0. The molecule has 4 rings (SSSR count). The maximum Gasteiger partial charge on any atom is 0.360 e. The molecule has 1 aliphatic rings. The summed E-state index contributed by atoms with van der Waals surface area (Å²) in [5, 5.41) is 4.41. The van der Waals surface area contributed by atoms with Gasteiger partial charge in [-0.05, 0) is 43.5 Å². The third-order valence-electron chi connectivity index (χ3n) is 4.78. The zero-order valence-corrected chi connectivity index (χ0v) is 15.0. The van der Waals surface area contributed by atoms with Crippen LogP contribution in [-0.2, 0) is 22.4 Å². The molecule has 7 heteroatoms. The quantitative estimate of drug-likeness (QED) is 0.691. The maximum atomic E-state index is 13.2. The van der Waals surface area contributed by atoms with Crippen molar-refractivity contribution in [2.24, 2.45) is 5.73 Å². The molecule has 1 heterocycles. The highest BCUT2D eigenvalue weighted by atomic mass is 19.1. The number of carbonyl (C=O) groups is 2. The highest BCUT2D eigenvalue weighted by molar-refractivity contribution is 5.92. The van der Waals surface area contributed by atoms with Crippen molar-refractivity contribution in [3.8, 4) is 5.69 Å². The summed E-state index contributed by atoms with van der Waals surface area (Å²) in [6.07, 6.45) is 1.13. The highest BCUT2D eigenvalue weighted by Crippen LogP contribution is 2.29. The lowest BCUT2D eigenvalue weighted by atomic mass is 10.1. The predicted octanol–water partition coefficient (Wildman–Crippen LogP) is 2.88. The van der Waals surface area contributed by atoms with E-state index in [1.165, 1.54) is 12.1 Å². The van der Waals surface area contributed by atoms with Gasteiger partial charge in [-0.2, -0.15) is 5.10 Å². The molecule has 1 aliphatic carbocycles. The van der Waals surface area contributed by atoms with E-state index in [1.807, 2.05) is 0 Å². The first-order valence-corrected chi connectivity index (χ1v) is 8.96. The Morgan fingerprint density at radius 1 is 1.07 bits per heavy atom. The Hall–Kier alpha value is -3.48. The van der Waals surface area contributed by atoms with E-state index in [1.54, 1.807) is 47.1 Å². The molecule has 1 unspecified atom stereocenters. The van der Waals surface area contributed by atoms with Crippen LogP contribution in [0.5, 0.6) is 0 Å². The van der Waals surface area contributed by atoms with Crippen molar-refractivity contribution in [3.05, 3.63) is 82.9 Å². The van der Waals surface area contributed by atoms with Gasteiger partial charge in [-0.3, -0.25) is 4.79 Å². The van der Waals surface area contributed by atoms with Gasteiger partial charge in [-0.25, -0.2) is 13.9 Å². The van der Waals surface area contributed by atoms with Crippen molar-refractivity contribution in [3.63, 3.8) is 0 Å². The molecule has 3 aromatic rings. The number of primary amides is 1. The Labute approximate surface area is 160 Å². The molecule has 0 spiro atoms. The molecular formula is C21H18FN3O3. The maximum absolute atomic E-state index is 13.2. The molecule has 1 atom stereocenters. The molecule has 28 heavy (non-hydrogen) atoms. The second-order valence-corrected chi connectivity index (χ2v) is 6.61. The minimum atomic E-state index is -1.19. The van der Waals surface area contributed by atoms with E-state index in [2.05, 4.69) is 5.10 Å². The van der Waals surface area contributed by atoms with Crippen molar-refractivity contribution in [2.45, 2.75) is 25.4 Å². The van der Waals surface area contributed by atoms with E-state index in [0.717, 1.165) is 24.1 Å². The first kappa shape index (κ1) is 17.9. The lowest BCUT2D eigenvalue weighted by Crippen LogP contribution is -2.26. The Morgan fingerprint density at radius 3 is 2.46 bits per heavy atom. The fourth-order valence-corrected chi connectivity index (χ4v) is 3.48. The van der Waals surface area contributed by atoms with Crippen molar-refractivity contribution in [1.29, 1.82) is 0 Å². The van der Waals surface area contributed by atoms with Crippen LogP contribution in [0.2, 0.25) is 0 Å². The molecule has 0 aliphatic heterocycles. The fraction of sp³-hybridized carbons (Fsp3) is 0.190. The van der Waals surface area contributed by atoms with Gasteiger partial charge in [0.25, 0.3) is 5.91 Å². The molecule has 0 saturated heterocycles. The molecule has 1 amide bonds. The van der Waals surface area contributed by atoms with Gasteiger partial charge in [0, 0.05) is 16.8 Å². The lowest BCUT2D eigenvalue weighted by Gasteiger charge is -2.14. The monoisotopic (exact) mass is 379 g/mol. The number of halogens is 1. The number of hydrogen-bond acceptors (Lipinski definition) is 4. The van der Waals surface area contributed by atoms with E-state index in [0.29, 0.717) is 17.7 Å². The van der Waals surface area contributed by atoms with Gasteiger partial charge in [0.2, 0.25) is 6.10 Å². The number of hydrogen-bond donors (Lipinski definition) is 1. The molecule has 1 aromatic heterocycles. The molecule has 142 valence electrons. The van der Waals surface area contributed by atoms with Crippen molar-refractivity contribution < 1.29 is 18.7 Å². The second-order valence-electron chi connectivity index (χ2n) is 6.61. The molecule has 0 fully saturated rings. The van der Waals surface area contributed by atoms with Crippen LogP contribution in [0, 0.1) is 5.82 Å². The topological polar surface area (TPSA) is 87.2 Å². The highest BCUT2D eigenvalue weighted by Gasteiger charge is 2.31. The number of aromatic nitrogens is 2. The number of ether oxygens (including phenoxy) is 1. The fourth-order valence-electron chi connectivity index (χ4n) is 3.48. The molecule has 2 N–H and O–H groups in total. The van der Waals surface area contributed by atoms with Crippen LogP contribution in [0.25, 0.3) is 5.69 Å². The second kappa shape index (κ2) is 7.26. The van der Waals surface area contributed by atoms with Crippen LogP contribution >= 0.6 is 0 Å². The van der Waals surface area contributed by atoms with E-state index in [9.17, 15) is 14.0 Å². The first-order chi connectivity index (χ1) is 13.5. The molecular weight excluding hydrogens is 361 g/mol. The van der Waals surface area contributed by atoms with Crippen LogP contribution in [0.15, 0.2) is 54.6 Å². The standard InChI is InChI=1S/C21H18FN3O3/c22-14-9-11-15(12-10-14)25-17-8-4-7-16(17)18(24-25)21(27)28-19(20(23)26)13-5-2-1-3-6-13/h1-3,5-6,9-12,19H,4,7-8H2,(H2,23,26). The third kappa shape index (κ3) is 3.26. The number of amides is 1. The molecule has 0 radical (unpaired) electrons.